The van der Waals surface area contributed by atoms with Crippen LogP contribution in [0.5, 0.6) is 0 Å². The van der Waals surface area contributed by atoms with Crippen molar-refractivity contribution in [1.82, 2.24) is 10.2 Å². The molecule has 5 nitrogen and oxygen atoms in total. The average molecular weight is 413 g/mol. The fourth-order valence-corrected chi connectivity index (χ4v) is 4.57. The van der Waals surface area contributed by atoms with E-state index in [-0.39, 0.29) is 23.8 Å². The van der Waals surface area contributed by atoms with Crippen molar-refractivity contribution in [3.63, 3.8) is 0 Å². The maximum atomic E-state index is 13.2. The first-order valence-corrected chi connectivity index (χ1v) is 11.2. The fraction of sp³-hybridized carbons (Fsp3) is 0.478. The lowest BCUT2D eigenvalue weighted by molar-refractivity contribution is -0.167. The van der Waals surface area contributed by atoms with Gasteiger partial charge in [-0.3, -0.25) is 9.59 Å². The summed E-state index contributed by atoms with van der Waals surface area (Å²) in [5, 5.41) is 5.08. The Kier molecular flexibility index (Phi) is 5.74. The molecule has 1 saturated carbocycles. The van der Waals surface area contributed by atoms with E-state index in [0.29, 0.717) is 26.1 Å². The van der Waals surface area contributed by atoms with Crippen LogP contribution in [-0.2, 0) is 20.7 Å². The maximum absolute atomic E-state index is 13.2. The lowest BCUT2D eigenvalue weighted by Gasteiger charge is -2.42. The Labute approximate surface area is 176 Å². The third-order valence-electron chi connectivity index (χ3n) is 5.51. The molecule has 1 unspecified atom stereocenters. The zero-order valence-corrected chi connectivity index (χ0v) is 17.8. The quantitative estimate of drug-likeness (QED) is 0.790. The molecule has 1 aliphatic heterocycles. The highest BCUT2D eigenvalue weighted by atomic mass is 32.1. The molecule has 1 saturated heterocycles. The summed E-state index contributed by atoms with van der Waals surface area (Å²) in [6, 6.07) is 12.5. The Morgan fingerprint density at radius 1 is 1.24 bits per heavy atom. The summed E-state index contributed by atoms with van der Waals surface area (Å²) in [5.41, 5.74) is 1.15. The van der Waals surface area contributed by atoms with Crippen LogP contribution in [-0.4, -0.2) is 48.1 Å². The molecular weight excluding hydrogens is 384 g/mol. The molecular formula is C23H28N2O3S. The van der Waals surface area contributed by atoms with Crippen molar-refractivity contribution in [3.8, 4) is 10.4 Å². The molecule has 6 heteroatoms. The van der Waals surface area contributed by atoms with E-state index in [1.807, 2.05) is 24.8 Å². The van der Waals surface area contributed by atoms with Crippen molar-refractivity contribution >= 4 is 23.2 Å². The molecule has 154 valence electrons. The van der Waals surface area contributed by atoms with Crippen LogP contribution in [0.4, 0.5) is 0 Å². The van der Waals surface area contributed by atoms with Gasteiger partial charge in [-0.2, -0.15) is 0 Å². The molecule has 29 heavy (non-hydrogen) atoms. The Morgan fingerprint density at radius 2 is 2.00 bits per heavy atom. The smallest absolute Gasteiger partial charge is 0.254 e. The number of rotatable bonds is 6. The summed E-state index contributed by atoms with van der Waals surface area (Å²) in [5.74, 6) is 0.176. The Hall–Kier alpha value is -2.18. The minimum atomic E-state index is -1.04. The van der Waals surface area contributed by atoms with Crippen molar-refractivity contribution in [2.24, 2.45) is 5.92 Å². The van der Waals surface area contributed by atoms with E-state index >= 15 is 0 Å². The number of thiophene rings is 1. The normalized spacial score (nSPS) is 22.0. The molecule has 0 spiro atoms. The topological polar surface area (TPSA) is 58.6 Å². The number of nitrogens with one attached hydrogen (secondary N) is 1. The molecule has 2 heterocycles. The second-order valence-corrected chi connectivity index (χ2v) is 9.30. The highest BCUT2D eigenvalue weighted by molar-refractivity contribution is 7.13. The molecule has 2 fully saturated rings. The van der Waals surface area contributed by atoms with Crippen molar-refractivity contribution in [2.45, 2.75) is 44.8 Å². The first-order chi connectivity index (χ1) is 14.0. The molecule has 1 aromatic carbocycles. The zero-order valence-electron chi connectivity index (χ0n) is 17.0. The number of ether oxygens (including phenoxy) is 1. The van der Waals surface area contributed by atoms with Crippen molar-refractivity contribution < 1.29 is 14.3 Å². The Bertz CT molecular complexity index is 859. The highest BCUT2D eigenvalue weighted by Crippen LogP contribution is 2.34. The van der Waals surface area contributed by atoms with Gasteiger partial charge in [-0.05, 0) is 49.3 Å². The van der Waals surface area contributed by atoms with Gasteiger partial charge < -0.3 is 15.0 Å². The number of benzene rings is 1. The first kappa shape index (κ1) is 20.1. The third-order valence-corrected chi connectivity index (χ3v) is 6.43. The number of nitrogens with zero attached hydrogens (tertiary/aromatic N) is 1. The van der Waals surface area contributed by atoms with Gasteiger partial charge in [-0.25, -0.2) is 0 Å². The summed E-state index contributed by atoms with van der Waals surface area (Å²) in [6.07, 6.45) is 2.38. The van der Waals surface area contributed by atoms with E-state index in [1.54, 1.807) is 11.3 Å². The standard InChI is InChI=1S/C23H28N2O3S/c1-16(2)24-22(27)23(15-25(11-12-28-23)21(26)19-9-10-19)14-17-5-7-18(8-6-17)20-4-3-13-29-20/h3-8,13,16,19H,9-12,14-15H2,1-2H3,(H,24,27). The van der Waals surface area contributed by atoms with Crippen LogP contribution in [0.1, 0.15) is 32.3 Å². The monoisotopic (exact) mass is 412 g/mol. The number of hydrogen-bond donors (Lipinski definition) is 1. The molecule has 4 rings (SSSR count). The molecule has 1 aromatic heterocycles. The van der Waals surface area contributed by atoms with Crippen LogP contribution in [0, 0.1) is 5.92 Å². The van der Waals surface area contributed by atoms with Gasteiger partial charge in [-0.1, -0.05) is 30.3 Å². The third kappa shape index (κ3) is 4.54. The van der Waals surface area contributed by atoms with Crippen molar-refractivity contribution in [2.75, 3.05) is 19.7 Å². The fourth-order valence-electron chi connectivity index (χ4n) is 3.84. The maximum Gasteiger partial charge on any atom is 0.254 e. The van der Waals surface area contributed by atoms with Gasteiger partial charge in [0.1, 0.15) is 0 Å². The number of carbonyl (C=O) groups excluding carboxylic acids is 2. The van der Waals surface area contributed by atoms with E-state index in [2.05, 4.69) is 41.0 Å². The Balaban J connectivity index is 1.56. The van der Waals surface area contributed by atoms with Crippen LogP contribution in [0.2, 0.25) is 0 Å². The summed E-state index contributed by atoms with van der Waals surface area (Å²) >= 11 is 1.71. The number of amides is 2. The van der Waals surface area contributed by atoms with Gasteiger partial charge in [0.15, 0.2) is 5.60 Å². The first-order valence-electron chi connectivity index (χ1n) is 10.3. The molecule has 1 N–H and O–H groups in total. The summed E-state index contributed by atoms with van der Waals surface area (Å²) in [4.78, 5) is 28.9. The van der Waals surface area contributed by atoms with E-state index < -0.39 is 5.60 Å². The van der Waals surface area contributed by atoms with Crippen LogP contribution in [0.25, 0.3) is 10.4 Å². The van der Waals surface area contributed by atoms with Crippen molar-refractivity contribution in [3.05, 3.63) is 47.3 Å². The van der Waals surface area contributed by atoms with Gasteiger partial charge in [0.2, 0.25) is 5.91 Å². The molecule has 1 aliphatic carbocycles. The van der Waals surface area contributed by atoms with Gasteiger partial charge in [0, 0.05) is 29.8 Å². The average Bonchev–Trinajstić information content (AvgIpc) is 3.42. The minimum absolute atomic E-state index is 0.0127. The van der Waals surface area contributed by atoms with Crippen LogP contribution in [0.15, 0.2) is 41.8 Å². The van der Waals surface area contributed by atoms with E-state index in [0.717, 1.165) is 18.4 Å². The van der Waals surface area contributed by atoms with Crippen LogP contribution in [0.3, 0.4) is 0 Å². The number of carbonyl (C=O) groups is 2. The van der Waals surface area contributed by atoms with Crippen molar-refractivity contribution in [1.29, 1.82) is 0 Å². The van der Waals surface area contributed by atoms with Gasteiger partial charge in [0.25, 0.3) is 5.91 Å². The van der Waals surface area contributed by atoms with E-state index in [9.17, 15) is 9.59 Å². The second-order valence-electron chi connectivity index (χ2n) is 8.36. The second kappa shape index (κ2) is 8.28. The van der Waals surface area contributed by atoms with E-state index in [1.165, 1.54) is 10.4 Å². The summed E-state index contributed by atoms with van der Waals surface area (Å²) in [6.45, 7) is 5.14. The lowest BCUT2D eigenvalue weighted by atomic mass is 9.90. The van der Waals surface area contributed by atoms with E-state index in [4.69, 9.17) is 4.74 Å². The molecule has 0 radical (unpaired) electrons. The van der Waals surface area contributed by atoms with Gasteiger partial charge in [0.05, 0.1) is 13.2 Å². The molecule has 2 aliphatic rings. The number of hydrogen-bond acceptors (Lipinski definition) is 4. The zero-order chi connectivity index (χ0) is 20.4. The SMILES string of the molecule is CC(C)NC(=O)C1(Cc2ccc(-c3cccs3)cc2)CN(C(=O)C2CC2)CCO1. The number of morpholine rings is 1. The lowest BCUT2D eigenvalue weighted by Crippen LogP contribution is -2.63. The Morgan fingerprint density at radius 3 is 2.62 bits per heavy atom. The molecule has 1 atom stereocenters. The summed E-state index contributed by atoms with van der Waals surface area (Å²) < 4.78 is 6.11. The minimum Gasteiger partial charge on any atom is -0.361 e. The predicted octanol–water partition coefficient (Wildman–Crippen LogP) is 3.49. The highest BCUT2D eigenvalue weighted by Gasteiger charge is 2.47. The molecule has 2 amide bonds. The van der Waals surface area contributed by atoms with Crippen LogP contribution >= 0.6 is 11.3 Å². The summed E-state index contributed by atoms with van der Waals surface area (Å²) in [7, 11) is 0. The molecule has 0 bridgehead atoms. The van der Waals surface area contributed by atoms with Gasteiger partial charge >= 0.3 is 0 Å². The van der Waals surface area contributed by atoms with Gasteiger partial charge in [-0.15, -0.1) is 11.3 Å². The van der Waals surface area contributed by atoms with Crippen LogP contribution < -0.4 is 5.32 Å². The molecule has 2 aromatic rings. The largest absolute Gasteiger partial charge is 0.361 e. The predicted molar refractivity (Wildman–Crippen MR) is 115 cm³/mol.